The molecule has 0 bridgehead atoms. The minimum Gasteiger partial charge on any atom is -0.320 e. The van der Waals surface area contributed by atoms with Crippen molar-refractivity contribution < 1.29 is 4.79 Å². The van der Waals surface area contributed by atoms with Crippen molar-refractivity contribution in [2.45, 2.75) is 13.0 Å². The highest BCUT2D eigenvalue weighted by Crippen LogP contribution is 2.21. The lowest BCUT2D eigenvalue weighted by Gasteiger charge is -2.32. The average molecular weight is 266 g/mol. The van der Waals surface area contributed by atoms with Crippen LogP contribution in [0.2, 0.25) is 0 Å². The van der Waals surface area contributed by atoms with Crippen molar-refractivity contribution in [2.24, 2.45) is 0 Å². The molecule has 0 aromatic heterocycles. The summed E-state index contributed by atoms with van der Waals surface area (Å²) in [7, 11) is 1.83. The molecule has 0 saturated heterocycles. The van der Waals surface area contributed by atoms with Crippen molar-refractivity contribution in [3.05, 3.63) is 65.7 Å². The molecule has 3 nitrogen and oxygen atoms in total. The Morgan fingerprint density at radius 3 is 2.40 bits per heavy atom. The van der Waals surface area contributed by atoms with E-state index in [0.29, 0.717) is 6.54 Å². The van der Waals surface area contributed by atoms with Crippen LogP contribution in [0.15, 0.2) is 54.6 Å². The van der Waals surface area contributed by atoms with Gasteiger partial charge in [-0.3, -0.25) is 4.90 Å². The minimum absolute atomic E-state index is 0.0608. The Kier molecular flexibility index (Phi) is 3.42. The van der Waals surface area contributed by atoms with E-state index in [1.54, 1.807) is 4.90 Å². The molecule has 0 N–H and O–H groups in total. The molecular formula is C17H18N2O. The normalized spacial score (nSPS) is 13.8. The number of carbonyl (C=O) groups excluding carboxylic acids is 1. The Balaban J connectivity index is 1.76. The van der Waals surface area contributed by atoms with Crippen molar-refractivity contribution >= 4 is 11.7 Å². The first kappa shape index (κ1) is 12.7. The molecule has 102 valence electrons. The van der Waals surface area contributed by atoms with Crippen LogP contribution in [0.5, 0.6) is 0 Å². The highest BCUT2D eigenvalue weighted by molar-refractivity contribution is 5.91. The van der Waals surface area contributed by atoms with E-state index in [9.17, 15) is 4.79 Å². The summed E-state index contributed by atoms with van der Waals surface area (Å²) in [6.45, 7) is 1.49. The maximum atomic E-state index is 12.6. The Bertz CT molecular complexity index is 609. The Labute approximate surface area is 119 Å². The van der Waals surface area contributed by atoms with Gasteiger partial charge in [-0.1, -0.05) is 42.5 Å². The molecule has 2 aromatic carbocycles. The molecular weight excluding hydrogens is 248 g/mol. The second-order valence-electron chi connectivity index (χ2n) is 5.12. The lowest BCUT2D eigenvalue weighted by atomic mass is 10.0. The van der Waals surface area contributed by atoms with Crippen LogP contribution in [0.4, 0.5) is 10.5 Å². The van der Waals surface area contributed by atoms with Gasteiger partial charge in [-0.05, 0) is 29.7 Å². The SMILES string of the molecule is CN(C(=O)N1CCc2ccccc2C1)c1ccccc1. The van der Waals surface area contributed by atoms with Crippen molar-refractivity contribution in [1.29, 1.82) is 0 Å². The number of hydrogen-bond donors (Lipinski definition) is 0. The van der Waals surface area contributed by atoms with Gasteiger partial charge in [0.1, 0.15) is 0 Å². The summed E-state index contributed by atoms with van der Waals surface area (Å²) in [5, 5.41) is 0. The quantitative estimate of drug-likeness (QED) is 0.777. The predicted molar refractivity (Wildman–Crippen MR) is 80.8 cm³/mol. The van der Waals surface area contributed by atoms with Crippen LogP contribution >= 0.6 is 0 Å². The number of urea groups is 1. The van der Waals surface area contributed by atoms with E-state index in [4.69, 9.17) is 0 Å². The number of carbonyl (C=O) groups is 1. The largest absolute Gasteiger partial charge is 0.324 e. The predicted octanol–water partition coefficient (Wildman–Crippen LogP) is 3.30. The first-order valence-corrected chi connectivity index (χ1v) is 6.90. The van der Waals surface area contributed by atoms with E-state index in [1.165, 1.54) is 11.1 Å². The fraction of sp³-hybridized carbons (Fsp3) is 0.235. The van der Waals surface area contributed by atoms with Gasteiger partial charge in [0.25, 0.3) is 0 Å². The highest BCUT2D eigenvalue weighted by atomic mass is 16.2. The molecule has 0 saturated carbocycles. The summed E-state index contributed by atoms with van der Waals surface area (Å²) in [6, 6.07) is 18.2. The van der Waals surface area contributed by atoms with Crippen molar-refractivity contribution in [2.75, 3.05) is 18.5 Å². The molecule has 0 fully saturated rings. The lowest BCUT2D eigenvalue weighted by molar-refractivity contribution is 0.200. The maximum absolute atomic E-state index is 12.6. The number of nitrogens with zero attached hydrogens (tertiary/aromatic N) is 2. The monoisotopic (exact) mass is 266 g/mol. The molecule has 2 aromatic rings. The van der Waals surface area contributed by atoms with Gasteiger partial charge in [0.2, 0.25) is 0 Å². The summed E-state index contributed by atoms with van der Waals surface area (Å²) in [4.78, 5) is 16.2. The van der Waals surface area contributed by atoms with E-state index in [-0.39, 0.29) is 6.03 Å². The molecule has 2 amide bonds. The van der Waals surface area contributed by atoms with Gasteiger partial charge in [0.15, 0.2) is 0 Å². The third-order valence-corrected chi connectivity index (χ3v) is 3.83. The summed E-state index contributed by atoms with van der Waals surface area (Å²) in [6.07, 6.45) is 0.935. The first-order valence-electron chi connectivity index (χ1n) is 6.90. The van der Waals surface area contributed by atoms with Crippen LogP contribution in [0.25, 0.3) is 0 Å². The van der Waals surface area contributed by atoms with Crippen molar-refractivity contribution in [1.82, 2.24) is 4.90 Å². The smallest absolute Gasteiger partial charge is 0.320 e. The van der Waals surface area contributed by atoms with Crippen molar-refractivity contribution in [3.8, 4) is 0 Å². The molecule has 3 rings (SSSR count). The summed E-state index contributed by atoms with van der Waals surface area (Å²) < 4.78 is 0. The molecule has 1 aliphatic heterocycles. The number of anilines is 1. The third kappa shape index (κ3) is 2.39. The Morgan fingerprint density at radius 1 is 1.00 bits per heavy atom. The summed E-state index contributed by atoms with van der Waals surface area (Å²) >= 11 is 0. The van der Waals surface area contributed by atoms with Gasteiger partial charge in [0.05, 0.1) is 0 Å². The number of fused-ring (bicyclic) bond motifs is 1. The number of rotatable bonds is 1. The van der Waals surface area contributed by atoms with Crippen molar-refractivity contribution in [3.63, 3.8) is 0 Å². The first-order chi connectivity index (χ1) is 9.75. The Hall–Kier alpha value is -2.29. The van der Waals surface area contributed by atoms with E-state index in [0.717, 1.165) is 18.7 Å². The van der Waals surface area contributed by atoms with Crippen LogP contribution in [0, 0.1) is 0 Å². The molecule has 1 heterocycles. The zero-order valence-corrected chi connectivity index (χ0v) is 11.6. The van der Waals surface area contributed by atoms with Crippen LogP contribution < -0.4 is 4.90 Å². The fourth-order valence-electron chi connectivity index (χ4n) is 2.63. The maximum Gasteiger partial charge on any atom is 0.324 e. The van der Waals surface area contributed by atoms with Crippen LogP contribution in [0.3, 0.4) is 0 Å². The standard InChI is InChI=1S/C17H18N2O/c1-18(16-9-3-2-4-10-16)17(20)19-12-11-14-7-5-6-8-15(14)13-19/h2-10H,11-13H2,1H3. The van der Waals surface area contributed by atoms with Crippen LogP contribution in [-0.2, 0) is 13.0 Å². The minimum atomic E-state index is 0.0608. The number of para-hydroxylation sites is 1. The number of amides is 2. The molecule has 0 unspecified atom stereocenters. The van der Waals surface area contributed by atoms with Gasteiger partial charge >= 0.3 is 6.03 Å². The zero-order chi connectivity index (χ0) is 13.9. The molecule has 3 heteroatoms. The third-order valence-electron chi connectivity index (χ3n) is 3.83. The van der Waals surface area contributed by atoms with Crippen LogP contribution in [0.1, 0.15) is 11.1 Å². The highest BCUT2D eigenvalue weighted by Gasteiger charge is 2.23. The molecule has 0 radical (unpaired) electrons. The van der Waals surface area contributed by atoms with Gasteiger partial charge in [0, 0.05) is 25.8 Å². The topological polar surface area (TPSA) is 23.6 Å². The zero-order valence-electron chi connectivity index (χ0n) is 11.6. The molecule has 0 aliphatic carbocycles. The van der Waals surface area contributed by atoms with Crippen LogP contribution in [-0.4, -0.2) is 24.5 Å². The molecule has 0 spiro atoms. The average Bonchev–Trinajstić information content (AvgIpc) is 2.54. The van der Waals surface area contributed by atoms with E-state index in [2.05, 4.69) is 18.2 Å². The lowest BCUT2D eigenvalue weighted by Crippen LogP contribution is -2.43. The Morgan fingerprint density at radius 2 is 1.65 bits per heavy atom. The van der Waals surface area contributed by atoms with Gasteiger partial charge in [-0.25, -0.2) is 4.79 Å². The number of hydrogen-bond acceptors (Lipinski definition) is 1. The second-order valence-corrected chi connectivity index (χ2v) is 5.12. The van der Waals surface area contributed by atoms with E-state index < -0.39 is 0 Å². The van der Waals surface area contributed by atoms with Gasteiger partial charge in [-0.2, -0.15) is 0 Å². The van der Waals surface area contributed by atoms with Gasteiger partial charge in [-0.15, -0.1) is 0 Å². The molecule has 1 aliphatic rings. The number of benzene rings is 2. The molecule has 20 heavy (non-hydrogen) atoms. The summed E-state index contributed by atoms with van der Waals surface area (Å²) in [5.74, 6) is 0. The molecule has 0 atom stereocenters. The van der Waals surface area contributed by atoms with E-state index in [1.807, 2.05) is 48.3 Å². The summed E-state index contributed by atoms with van der Waals surface area (Å²) in [5.41, 5.74) is 3.55. The fourth-order valence-corrected chi connectivity index (χ4v) is 2.63. The van der Waals surface area contributed by atoms with E-state index >= 15 is 0 Å². The van der Waals surface area contributed by atoms with Gasteiger partial charge < -0.3 is 4.90 Å². The second kappa shape index (κ2) is 5.37.